The van der Waals surface area contributed by atoms with E-state index in [4.69, 9.17) is 0 Å². The molecule has 190 valence electrons. The summed E-state index contributed by atoms with van der Waals surface area (Å²) in [5.74, 6) is -2.43. The number of carbonyl (C=O) groups is 3. The summed E-state index contributed by atoms with van der Waals surface area (Å²) in [6, 6.07) is 7.32. The number of carboxylic acids is 1. The number of carboxylic acid groups (broad SMARTS) is 1. The first-order valence-corrected chi connectivity index (χ1v) is 12.5. The van der Waals surface area contributed by atoms with Gasteiger partial charge in [0, 0.05) is 31.3 Å². The molecule has 0 aliphatic carbocycles. The van der Waals surface area contributed by atoms with Crippen LogP contribution in [0.15, 0.2) is 36.8 Å². The molecule has 1 fully saturated rings. The number of aromatic nitrogens is 2. The first kappa shape index (κ1) is 26.4. The number of likely N-dealkylation sites (N-methyl/N-ethyl adjacent to an activating group) is 1. The molecule has 9 nitrogen and oxygen atoms in total. The predicted octanol–water partition coefficient (Wildman–Crippen LogP) is 3.15. The number of H-pyrrole nitrogens is 1. The molecule has 0 saturated carbocycles. The Balaban J connectivity index is 1.85. The van der Waals surface area contributed by atoms with Gasteiger partial charge >= 0.3 is 5.97 Å². The van der Waals surface area contributed by atoms with Crippen molar-refractivity contribution in [3.05, 3.63) is 42.4 Å². The Kier molecular flexibility index (Phi) is 9.84. The number of aryl methyl sites for hydroxylation is 1. The Hall–Kier alpha value is -3.20. The highest BCUT2D eigenvalue weighted by Gasteiger charge is 2.37. The van der Waals surface area contributed by atoms with Crippen molar-refractivity contribution >= 4 is 17.8 Å². The maximum Gasteiger partial charge on any atom is 0.306 e. The summed E-state index contributed by atoms with van der Waals surface area (Å²) < 4.78 is 0. The summed E-state index contributed by atoms with van der Waals surface area (Å²) in [6.07, 6.45) is 8.37. The van der Waals surface area contributed by atoms with Crippen molar-refractivity contribution in [3.63, 3.8) is 0 Å². The number of hydrogen-bond acceptors (Lipinski definition) is 5. The summed E-state index contributed by atoms with van der Waals surface area (Å²) >= 11 is 0. The van der Waals surface area contributed by atoms with Crippen molar-refractivity contribution in [1.82, 2.24) is 25.7 Å². The Morgan fingerprint density at radius 1 is 1.23 bits per heavy atom. The maximum absolute atomic E-state index is 13.8. The van der Waals surface area contributed by atoms with E-state index in [1.54, 1.807) is 13.4 Å². The lowest BCUT2D eigenvalue weighted by molar-refractivity contribution is -0.151. The summed E-state index contributed by atoms with van der Waals surface area (Å²) in [4.78, 5) is 45.6. The zero-order valence-corrected chi connectivity index (χ0v) is 20.6. The molecule has 2 amide bonds. The van der Waals surface area contributed by atoms with Crippen LogP contribution >= 0.6 is 0 Å². The van der Waals surface area contributed by atoms with Crippen LogP contribution in [0.4, 0.5) is 0 Å². The topological polar surface area (TPSA) is 127 Å². The van der Waals surface area contributed by atoms with Crippen molar-refractivity contribution < 1.29 is 19.5 Å². The number of amides is 2. The first-order chi connectivity index (χ1) is 17.0. The van der Waals surface area contributed by atoms with Crippen LogP contribution in [0.1, 0.15) is 57.4 Å². The summed E-state index contributed by atoms with van der Waals surface area (Å²) in [5.41, 5.74) is 5.96. The van der Waals surface area contributed by atoms with E-state index in [1.807, 2.05) is 37.4 Å². The predicted molar refractivity (Wildman–Crippen MR) is 133 cm³/mol. The van der Waals surface area contributed by atoms with Gasteiger partial charge in [0.15, 0.2) is 0 Å². The van der Waals surface area contributed by atoms with Crippen molar-refractivity contribution in [1.29, 1.82) is 0 Å². The second-order valence-electron chi connectivity index (χ2n) is 9.15. The average Bonchev–Trinajstić information content (AvgIpc) is 3.42. The number of hydrazine groups is 1. The Morgan fingerprint density at radius 2 is 2.03 bits per heavy atom. The zero-order chi connectivity index (χ0) is 25.2. The lowest BCUT2D eigenvalue weighted by Gasteiger charge is -2.37. The molecular formula is C26H37N5O4. The number of rotatable bonds is 12. The minimum absolute atomic E-state index is 0.210. The van der Waals surface area contributed by atoms with Crippen LogP contribution in [0.3, 0.4) is 0 Å². The molecule has 3 atom stereocenters. The van der Waals surface area contributed by atoms with E-state index in [1.165, 1.54) is 5.01 Å². The minimum Gasteiger partial charge on any atom is -0.481 e. The van der Waals surface area contributed by atoms with Crippen LogP contribution in [-0.2, 0) is 20.8 Å². The van der Waals surface area contributed by atoms with Crippen LogP contribution < -0.4 is 10.7 Å². The number of aliphatic carboxylic acids is 1. The second-order valence-corrected chi connectivity index (χ2v) is 9.15. The van der Waals surface area contributed by atoms with E-state index in [2.05, 4.69) is 20.7 Å². The van der Waals surface area contributed by atoms with Gasteiger partial charge in [-0.15, -0.1) is 0 Å². The van der Waals surface area contributed by atoms with Crippen molar-refractivity contribution in [2.45, 2.75) is 64.3 Å². The molecule has 0 radical (unpaired) electrons. The lowest BCUT2D eigenvalue weighted by atomic mass is 9.85. The van der Waals surface area contributed by atoms with Crippen molar-refractivity contribution in [3.8, 4) is 11.3 Å². The number of nitrogens with zero attached hydrogens (tertiary/aromatic N) is 2. The molecule has 0 spiro atoms. The average molecular weight is 484 g/mol. The third kappa shape index (κ3) is 6.91. The molecule has 0 bridgehead atoms. The number of carbonyl (C=O) groups excluding carboxylic acids is 2. The lowest BCUT2D eigenvalue weighted by Crippen LogP contribution is -2.59. The third-order valence-electron chi connectivity index (χ3n) is 6.76. The van der Waals surface area contributed by atoms with Gasteiger partial charge in [-0.05, 0) is 44.1 Å². The van der Waals surface area contributed by atoms with Gasteiger partial charge in [0.05, 0.1) is 17.9 Å². The molecule has 4 N–H and O–H groups in total. The van der Waals surface area contributed by atoms with Gasteiger partial charge in [0.1, 0.15) is 6.04 Å². The normalized spacial score (nSPS) is 17.5. The molecule has 1 aliphatic rings. The monoisotopic (exact) mass is 483 g/mol. The molecule has 1 aliphatic heterocycles. The number of unbranched alkanes of at least 4 members (excludes halogenated alkanes) is 1. The van der Waals surface area contributed by atoms with E-state index in [9.17, 15) is 19.5 Å². The Morgan fingerprint density at radius 3 is 2.71 bits per heavy atom. The first-order valence-electron chi connectivity index (χ1n) is 12.5. The van der Waals surface area contributed by atoms with Gasteiger partial charge < -0.3 is 15.4 Å². The van der Waals surface area contributed by atoms with Crippen LogP contribution in [0.2, 0.25) is 0 Å². The molecule has 2 heterocycles. The van der Waals surface area contributed by atoms with E-state index < -0.39 is 23.8 Å². The van der Waals surface area contributed by atoms with Gasteiger partial charge in [-0.25, -0.2) is 10.4 Å². The molecule has 1 aromatic heterocycles. The highest BCUT2D eigenvalue weighted by Crippen LogP contribution is 2.29. The van der Waals surface area contributed by atoms with Crippen molar-refractivity contribution in [2.24, 2.45) is 11.8 Å². The molecule has 2 aromatic rings. The summed E-state index contributed by atoms with van der Waals surface area (Å²) in [5, 5.41) is 14.0. The molecular weight excluding hydrogens is 446 g/mol. The fourth-order valence-electron chi connectivity index (χ4n) is 4.78. The SMILES string of the molecule is CCCCC(CC(CCc1ccccc1-c1c[nH]cn1)C(=O)N1NCCCC1C(=O)NC)C(=O)O. The quantitative estimate of drug-likeness (QED) is 0.367. The van der Waals surface area contributed by atoms with Crippen molar-refractivity contribution in [2.75, 3.05) is 13.6 Å². The fraction of sp³-hybridized carbons (Fsp3) is 0.538. The van der Waals surface area contributed by atoms with E-state index in [0.29, 0.717) is 32.2 Å². The Labute approximate surface area is 206 Å². The highest BCUT2D eigenvalue weighted by atomic mass is 16.4. The summed E-state index contributed by atoms with van der Waals surface area (Å²) in [7, 11) is 1.56. The number of hydrogen-bond donors (Lipinski definition) is 4. The van der Waals surface area contributed by atoms with Crippen LogP contribution in [0, 0.1) is 11.8 Å². The zero-order valence-electron chi connectivity index (χ0n) is 20.6. The van der Waals surface area contributed by atoms with Gasteiger partial charge in [-0.3, -0.25) is 19.4 Å². The summed E-state index contributed by atoms with van der Waals surface area (Å²) in [6.45, 7) is 2.63. The Bertz CT molecular complexity index is 978. The number of imidazole rings is 1. The van der Waals surface area contributed by atoms with E-state index in [-0.39, 0.29) is 18.2 Å². The molecule has 1 aromatic carbocycles. The van der Waals surface area contributed by atoms with Crippen LogP contribution in [0.25, 0.3) is 11.3 Å². The number of aromatic amines is 1. The highest BCUT2D eigenvalue weighted by molar-refractivity contribution is 5.88. The fourth-order valence-corrected chi connectivity index (χ4v) is 4.78. The van der Waals surface area contributed by atoms with Gasteiger partial charge in [-0.2, -0.15) is 0 Å². The molecule has 35 heavy (non-hydrogen) atoms. The molecule has 1 saturated heterocycles. The largest absolute Gasteiger partial charge is 0.481 e. The molecule has 3 unspecified atom stereocenters. The van der Waals surface area contributed by atoms with Crippen LogP contribution in [0.5, 0.6) is 0 Å². The number of nitrogens with one attached hydrogen (secondary N) is 3. The standard InChI is InChI=1S/C26H37N5O4/c1-3-4-8-20(26(34)35)15-19(25(33)31-23(24(32)27-2)11-7-14-30-31)13-12-18-9-5-6-10-21(18)22-16-28-17-29-22/h5-6,9-10,16-17,19-20,23,30H,3-4,7-8,11-15H2,1-2H3,(H,27,32)(H,28,29)(H,34,35). The van der Waals surface area contributed by atoms with Gasteiger partial charge in [0.2, 0.25) is 11.8 Å². The van der Waals surface area contributed by atoms with E-state index >= 15 is 0 Å². The smallest absolute Gasteiger partial charge is 0.306 e. The minimum atomic E-state index is -0.873. The number of benzene rings is 1. The molecule has 9 heteroatoms. The second kappa shape index (κ2) is 13.0. The van der Waals surface area contributed by atoms with Gasteiger partial charge in [0.25, 0.3) is 0 Å². The third-order valence-corrected chi connectivity index (χ3v) is 6.76. The maximum atomic E-state index is 13.8. The van der Waals surface area contributed by atoms with Gasteiger partial charge in [-0.1, -0.05) is 44.0 Å². The van der Waals surface area contributed by atoms with Crippen LogP contribution in [-0.4, -0.2) is 57.5 Å². The molecule has 3 rings (SSSR count). The van der Waals surface area contributed by atoms with E-state index in [0.717, 1.165) is 36.1 Å².